The van der Waals surface area contributed by atoms with Gasteiger partial charge in [-0.3, -0.25) is 0 Å². The minimum atomic E-state index is -2.86. The molecule has 4 heterocycles. The molecule has 1 aromatic rings. The first-order valence-electron chi connectivity index (χ1n) is 11.9. The van der Waals surface area contributed by atoms with Crippen LogP contribution in [0.25, 0.3) is 0 Å². The molecule has 0 saturated carbocycles. The summed E-state index contributed by atoms with van der Waals surface area (Å²) in [5, 5.41) is 0. The average Bonchev–Trinajstić information content (AvgIpc) is 3.40. The molecule has 4 aliphatic heterocycles. The van der Waals surface area contributed by atoms with E-state index in [9.17, 15) is 13.2 Å². The van der Waals surface area contributed by atoms with Crippen LogP contribution in [0.3, 0.4) is 0 Å². The SMILES string of the molecule is CC.O=C(N1CCOCC1)N1C[C@@H]2CN(c3ccc(N4CCS(=O)(=O)CC4)cc3)C[C@@H]2C1. The fourth-order valence-corrected chi connectivity index (χ4v) is 6.36. The van der Waals surface area contributed by atoms with Gasteiger partial charge in [0.25, 0.3) is 0 Å². The molecule has 0 N–H and O–H groups in total. The van der Waals surface area contributed by atoms with Gasteiger partial charge in [-0.25, -0.2) is 13.2 Å². The Morgan fingerprint density at radius 1 is 0.781 bits per heavy atom. The second-order valence-corrected chi connectivity index (χ2v) is 11.2. The Bertz CT molecular complexity index is 858. The van der Waals surface area contributed by atoms with E-state index in [-0.39, 0.29) is 17.5 Å². The van der Waals surface area contributed by atoms with Crippen molar-refractivity contribution in [3.63, 3.8) is 0 Å². The number of sulfone groups is 1. The van der Waals surface area contributed by atoms with Gasteiger partial charge in [0.1, 0.15) is 0 Å². The van der Waals surface area contributed by atoms with Crippen LogP contribution in [0.2, 0.25) is 0 Å². The molecule has 0 unspecified atom stereocenters. The maximum Gasteiger partial charge on any atom is 0.320 e. The summed E-state index contributed by atoms with van der Waals surface area (Å²) >= 11 is 0. The molecule has 2 amide bonds. The lowest BCUT2D eigenvalue weighted by Gasteiger charge is -2.32. The zero-order valence-corrected chi connectivity index (χ0v) is 20.1. The van der Waals surface area contributed by atoms with E-state index >= 15 is 0 Å². The number of fused-ring (bicyclic) bond motifs is 1. The summed E-state index contributed by atoms with van der Waals surface area (Å²) in [5.41, 5.74) is 2.30. The Morgan fingerprint density at radius 3 is 1.81 bits per heavy atom. The van der Waals surface area contributed by atoms with E-state index in [1.807, 2.05) is 23.6 Å². The minimum absolute atomic E-state index is 0.173. The number of anilines is 2. The highest BCUT2D eigenvalue weighted by atomic mass is 32.2. The van der Waals surface area contributed by atoms with Crippen molar-refractivity contribution in [1.29, 1.82) is 0 Å². The Morgan fingerprint density at radius 2 is 1.28 bits per heavy atom. The number of likely N-dealkylation sites (tertiary alicyclic amines) is 1. The second-order valence-electron chi connectivity index (χ2n) is 8.87. The predicted molar refractivity (Wildman–Crippen MR) is 127 cm³/mol. The van der Waals surface area contributed by atoms with E-state index in [1.54, 1.807) is 0 Å². The number of hydrogen-bond acceptors (Lipinski definition) is 6. The number of morpholine rings is 1. The average molecular weight is 465 g/mol. The second kappa shape index (κ2) is 9.87. The fourth-order valence-electron chi connectivity index (χ4n) is 5.16. The third-order valence-electron chi connectivity index (χ3n) is 6.96. The van der Waals surface area contributed by atoms with E-state index in [2.05, 4.69) is 34.1 Å². The van der Waals surface area contributed by atoms with Gasteiger partial charge in [0, 0.05) is 75.6 Å². The highest BCUT2D eigenvalue weighted by molar-refractivity contribution is 7.91. The van der Waals surface area contributed by atoms with Crippen LogP contribution in [0.5, 0.6) is 0 Å². The largest absolute Gasteiger partial charge is 0.378 e. The van der Waals surface area contributed by atoms with Crippen molar-refractivity contribution in [2.75, 3.05) is 86.9 Å². The Hall–Kier alpha value is -2.00. The van der Waals surface area contributed by atoms with Crippen LogP contribution < -0.4 is 9.80 Å². The van der Waals surface area contributed by atoms with Gasteiger partial charge in [0.15, 0.2) is 9.84 Å². The fraction of sp³-hybridized carbons (Fsp3) is 0.696. The van der Waals surface area contributed by atoms with Crippen molar-refractivity contribution in [2.24, 2.45) is 11.8 Å². The lowest BCUT2D eigenvalue weighted by molar-refractivity contribution is 0.0447. The lowest BCUT2D eigenvalue weighted by Crippen LogP contribution is -2.48. The maximum absolute atomic E-state index is 12.8. The van der Waals surface area contributed by atoms with Crippen molar-refractivity contribution in [1.82, 2.24) is 9.80 Å². The van der Waals surface area contributed by atoms with Crippen molar-refractivity contribution < 1.29 is 17.9 Å². The van der Waals surface area contributed by atoms with Crippen LogP contribution in [-0.2, 0) is 14.6 Å². The van der Waals surface area contributed by atoms with Gasteiger partial charge in [-0.1, -0.05) is 13.8 Å². The van der Waals surface area contributed by atoms with Gasteiger partial charge < -0.3 is 24.3 Å². The maximum atomic E-state index is 12.8. The molecular weight excluding hydrogens is 428 g/mol. The minimum Gasteiger partial charge on any atom is -0.378 e. The summed E-state index contributed by atoms with van der Waals surface area (Å²) in [6.45, 7) is 11.5. The molecule has 4 saturated heterocycles. The van der Waals surface area contributed by atoms with Crippen molar-refractivity contribution in [3.05, 3.63) is 24.3 Å². The number of hydrogen-bond donors (Lipinski definition) is 0. The van der Waals surface area contributed by atoms with Crippen LogP contribution in [-0.4, -0.2) is 101 Å². The third-order valence-corrected chi connectivity index (χ3v) is 8.57. The zero-order chi connectivity index (χ0) is 22.7. The molecule has 178 valence electrons. The quantitative estimate of drug-likeness (QED) is 0.664. The van der Waals surface area contributed by atoms with Gasteiger partial charge in [-0.15, -0.1) is 0 Å². The van der Waals surface area contributed by atoms with Crippen LogP contribution in [0.4, 0.5) is 16.2 Å². The van der Waals surface area contributed by atoms with Crippen molar-refractivity contribution in [2.45, 2.75) is 13.8 Å². The molecule has 0 radical (unpaired) electrons. The van der Waals surface area contributed by atoms with E-state index in [0.717, 1.165) is 31.9 Å². The molecule has 0 bridgehead atoms. The number of benzene rings is 1. The summed E-state index contributed by atoms with van der Waals surface area (Å²) in [5.74, 6) is 1.54. The Balaban J connectivity index is 0.00000119. The molecule has 9 heteroatoms. The summed E-state index contributed by atoms with van der Waals surface area (Å²) in [7, 11) is -2.86. The summed E-state index contributed by atoms with van der Waals surface area (Å²) in [6, 6.07) is 8.68. The van der Waals surface area contributed by atoms with Gasteiger partial charge in [-0.2, -0.15) is 0 Å². The first-order valence-corrected chi connectivity index (χ1v) is 13.7. The number of ether oxygens (including phenoxy) is 1. The molecule has 0 aliphatic carbocycles. The first kappa shape index (κ1) is 23.2. The summed E-state index contributed by atoms with van der Waals surface area (Å²) < 4.78 is 28.6. The van der Waals surface area contributed by atoms with Crippen LogP contribution in [0.15, 0.2) is 24.3 Å². The van der Waals surface area contributed by atoms with Gasteiger partial charge in [0.2, 0.25) is 0 Å². The molecule has 5 rings (SSSR count). The molecule has 8 nitrogen and oxygen atoms in total. The Kier molecular flexibility index (Phi) is 7.14. The highest BCUT2D eigenvalue weighted by Crippen LogP contribution is 2.35. The molecule has 2 atom stereocenters. The summed E-state index contributed by atoms with van der Waals surface area (Å²) in [4.78, 5) is 21.3. The molecule has 4 fully saturated rings. The molecule has 0 spiro atoms. The van der Waals surface area contributed by atoms with Crippen LogP contribution >= 0.6 is 0 Å². The molecule has 32 heavy (non-hydrogen) atoms. The monoisotopic (exact) mass is 464 g/mol. The molecular formula is C23H36N4O4S. The van der Waals surface area contributed by atoms with E-state index < -0.39 is 9.84 Å². The van der Waals surface area contributed by atoms with E-state index in [0.29, 0.717) is 51.2 Å². The normalized spacial score (nSPS) is 27.1. The molecule has 1 aromatic carbocycles. The summed E-state index contributed by atoms with van der Waals surface area (Å²) in [6.07, 6.45) is 0. The predicted octanol–water partition coefficient (Wildman–Crippen LogP) is 1.77. The number of rotatable bonds is 2. The molecule has 0 aromatic heterocycles. The van der Waals surface area contributed by atoms with Gasteiger partial charge in [0.05, 0.1) is 24.7 Å². The highest BCUT2D eigenvalue weighted by Gasteiger charge is 2.42. The van der Waals surface area contributed by atoms with Crippen molar-refractivity contribution in [3.8, 4) is 0 Å². The van der Waals surface area contributed by atoms with E-state index in [1.165, 1.54) is 5.69 Å². The standard InChI is InChI=1S/C21H30N4O4S.C2H6/c26-21(23-5-9-29-10-6-23)25-15-17-13-24(14-18(17)16-25)20-3-1-19(2-4-20)22-7-11-30(27,28)12-8-22;1-2/h1-4,17-18H,5-16H2;1-2H3/t17-,18+;. The number of carbonyl (C=O) groups excluding carboxylic acids is 1. The Labute approximate surface area is 192 Å². The van der Waals surface area contributed by atoms with Crippen LogP contribution in [0.1, 0.15) is 13.8 Å². The lowest BCUT2D eigenvalue weighted by atomic mass is 10.0. The number of amides is 2. The number of nitrogens with zero attached hydrogens (tertiary/aromatic N) is 4. The van der Waals surface area contributed by atoms with Crippen molar-refractivity contribution >= 4 is 27.2 Å². The first-order chi connectivity index (χ1) is 15.5. The zero-order valence-electron chi connectivity index (χ0n) is 19.3. The molecule has 4 aliphatic rings. The van der Waals surface area contributed by atoms with Gasteiger partial charge in [-0.05, 0) is 24.3 Å². The topological polar surface area (TPSA) is 73.4 Å². The van der Waals surface area contributed by atoms with Gasteiger partial charge >= 0.3 is 6.03 Å². The number of urea groups is 1. The smallest absolute Gasteiger partial charge is 0.320 e. The van der Waals surface area contributed by atoms with E-state index in [4.69, 9.17) is 4.74 Å². The number of carbonyl (C=O) groups is 1. The third kappa shape index (κ3) is 4.98. The van der Waals surface area contributed by atoms with Crippen LogP contribution in [0, 0.1) is 11.8 Å².